The molecule has 0 aliphatic heterocycles. The molecule has 0 bridgehead atoms. The number of hydrogen-bond acceptors (Lipinski definition) is 10. The van der Waals surface area contributed by atoms with Crippen molar-refractivity contribution in [1.82, 2.24) is 19.1 Å². The fourth-order valence-corrected chi connectivity index (χ4v) is 11.7. The van der Waals surface area contributed by atoms with Crippen LogP contribution in [0.2, 0.25) is 10.0 Å². The molecule has 0 spiro atoms. The van der Waals surface area contributed by atoms with Crippen molar-refractivity contribution in [2.45, 2.75) is 91.9 Å². The van der Waals surface area contributed by atoms with E-state index in [0.29, 0.717) is 118 Å². The van der Waals surface area contributed by atoms with Gasteiger partial charge in [-0.3, -0.25) is 37.9 Å². The molecule has 0 saturated heterocycles. The summed E-state index contributed by atoms with van der Waals surface area (Å²) < 4.78 is 79.3. The number of aromatic amines is 2. The maximum atomic E-state index is 14.4. The number of halogens is 6. The standard InChI is InChI=1S/C21H19ClFNO4.C19H15ClFNO4.2C14H16FNO3/c1-4-14(21(26)27)19-11(2)24(20(25)12-5-7-13(22)8-6-12)17-10-16(23)18(28-3)9-15(17)19;1-10-13(8-18(23)24)14-7-17(26-2)15(21)9-16(14)22(10)19(25)11-3-5-12(20)6-4-11;1-4-8(14(17)18)13-7(2)16-11-6-10(15)12(19-3)5-9(11)13;1-4-8(14(17)18)11-7(2)16-9-5-6-10(19-3)13(15)12(9)11/h5-10,14H,4H2,1-3H3,(H,26,27);3-7,9H,8H2,1-2H3,(H,23,24);2*5-6,8,16H,4H2,1-3H3,(H,17,18). The lowest BCUT2D eigenvalue weighted by Crippen LogP contribution is -2.16. The fourth-order valence-electron chi connectivity index (χ4n) is 11.5. The minimum atomic E-state index is -1.05. The number of aryl methyl sites for hydroxylation is 2. The molecule has 6 aromatic carbocycles. The second kappa shape index (κ2) is 29.4. The zero-order chi connectivity index (χ0) is 67.9. The molecule has 92 heavy (non-hydrogen) atoms. The Labute approximate surface area is 534 Å². The van der Waals surface area contributed by atoms with Crippen molar-refractivity contribution < 1.29 is 85.7 Å². The molecule has 18 nitrogen and oxygen atoms in total. The molecule has 6 N–H and O–H groups in total. The second-order valence-electron chi connectivity index (χ2n) is 21.2. The molecular weight excluding hydrogens is 1240 g/mol. The monoisotopic (exact) mass is 1310 g/mol. The zero-order valence-corrected chi connectivity index (χ0v) is 53.3. The number of nitrogens with one attached hydrogen (secondary N) is 2. The van der Waals surface area contributed by atoms with Crippen LogP contribution in [0.4, 0.5) is 17.6 Å². The lowest BCUT2D eigenvalue weighted by Gasteiger charge is -2.12. The third kappa shape index (κ3) is 14.1. The van der Waals surface area contributed by atoms with E-state index in [1.165, 1.54) is 74.0 Å². The molecule has 484 valence electrons. The van der Waals surface area contributed by atoms with Gasteiger partial charge in [-0.1, -0.05) is 44.0 Å². The minimum Gasteiger partial charge on any atom is -0.494 e. The first-order valence-corrected chi connectivity index (χ1v) is 29.4. The quantitative estimate of drug-likeness (QED) is 0.0463. The summed E-state index contributed by atoms with van der Waals surface area (Å²) in [4.78, 5) is 77.9. The van der Waals surface area contributed by atoms with Crippen LogP contribution in [0.15, 0.2) is 97.1 Å². The molecule has 4 aromatic heterocycles. The predicted octanol–water partition coefficient (Wildman–Crippen LogP) is 15.5. The first kappa shape index (κ1) is 69.7. The normalized spacial score (nSPS) is 12.0. The number of carboxylic acid groups (broad SMARTS) is 4. The van der Waals surface area contributed by atoms with Gasteiger partial charge in [-0.05, 0) is 148 Å². The van der Waals surface area contributed by atoms with Crippen LogP contribution >= 0.6 is 23.2 Å². The first-order chi connectivity index (χ1) is 43.6. The van der Waals surface area contributed by atoms with Crippen LogP contribution in [0, 0.1) is 51.0 Å². The highest BCUT2D eigenvalue weighted by Gasteiger charge is 2.31. The van der Waals surface area contributed by atoms with E-state index in [-0.39, 0.29) is 34.9 Å². The second-order valence-corrected chi connectivity index (χ2v) is 22.1. The lowest BCUT2D eigenvalue weighted by atomic mass is 9.93. The van der Waals surface area contributed by atoms with Crippen molar-refractivity contribution in [3.63, 3.8) is 0 Å². The Balaban J connectivity index is 0.000000177. The molecule has 3 atom stereocenters. The van der Waals surface area contributed by atoms with Crippen LogP contribution < -0.4 is 18.9 Å². The Morgan fingerprint density at radius 3 is 1.32 bits per heavy atom. The number of carboxylic acids is 4. The molecule has 3 unspecified atom stereocenters. The zero-order valence-electron chi connectivity index (χ0n) is 51.8. The van der Waals surface area contributed by atoms with E-state index < -0.39 is 76.7 Å². The Kier molecular flexibility index (Phi) is 22.3. The summed E-state index contributed by atoms with van der Waals surface area (Å²) in [6, 6.07) is 24.0. The van der Waals surface area contributed by atoms with Crippen molar-refractivity contribution in [1.29, 1.82) is 0 Å². The van der Waals surface area contributed by atoms with Crippen LogP contribution in [-0.2, 0) is 25.6 Å². The molecule has 0 radical (unpaired) electrons. The minimum absolute atomic E-state index is 0.00918. The first-order valence-electron chi connectivity index (χ1n) is 28.6. The van der Waals surface area contributed by atoms with Gasteiger partial charge in [0.2, 0.25) is 0 Å². The maximum absolute atomic E-state index is 14.4. The molecule has 10 rings (SSSR count). The largest absolute Gasteiger partial charge is 0.494 e. The third-order valence-corrected chi connectivity index (χ3v) is 16.3. The number of aromatic nitrogens is 4. The van der Waals surface area contributed by atoms with Crippen LogP contribution in [0.25, 0.3) is 43.6 Å². The summed E-state index contributed by atoms with van der Waals surface area (Å²) in [5, 5.41) is 40.4. The van der Waals surface area contributed by atoms with Gasteiger partial charge < -0.3 is 49.3 Å². The molecule has 0 amide bonds. The third-order valence-electron chi connectivity index (χ3n) is 15.8. The number of carbonyl (C=O) groups is 6. The van der Waals surface area contributed by atoms with E-state index in [2.05, 4.69) is 9.97 Å². The number of benzene rings is 6. The number of carbonyl (C=O) groups excluding carboxylic acids is 2. The van der Waals surface area contributed by atoms with Gasteiger partial charge in [0.1, 0.15) is 0 Å². The van der Waals surface area contributed by atoms with E-state index in [4.69, 9.17) is 42.1 Å². The van der Waals surface area contributed by atoms with E-state index >= 15 is 0 Å². The summed E-state index contributed by atoms with van der Waals surface area (Å²) in [5.74, 6) is -8.88. The Bertz CT molecular complexity index is 4470. The van der Waals surface area contributed by atoms with Crippen molar-refractivity contribution >= 4 is 103 Å². The van der Waals surface area contributed by atoms with Crippen molar-refractivity contribution in [3.05, 3.63) is 187 Å². The Hall–Kier alpha value is -9.80. The lowest BCUT2D eigenvalue weighted by molar-refractivity contribution is -0.139. The number of fused-ring (bicyclic) bond motifs is 4. The van der Waals surface area contributed by atoms with E-state index in [1.54, 1.807) is 102 Å². The van der Waals surface area contributed by atoms with Crippen molar-refractivity contribution in [2.24, 2.45) is 0 Å². The van der Waals surface area contributed by atoms with Gasteiger partial charge in [0.15, 0.2) is 46.3 Å². The fraction of sp³-hybridized carbons (Fsp3) is 0.265. The van der Waals surface area contributed by atoms with Gasteiger partial charge in [0.25, 0.3) is 11.8 Å². The molecule has 0 aliphatic carbocycles. The summed E-state index contributed by atoms with van der Waals surface area (Å²) in [6.45, 7) is 12.2. The molecule has 0 saturated carbocycles. The molecule has 24 heteroatoms. The molecule has 0 fully saturated rings. The average molecular weight is 1310 g/mol. The molecule has 10 aromatic rings. The summed E-state index contributed by atoms with van der Waals surface area (Å²) >= 11 is 11.8. The summed E-state index contributed by atoms with van der Waals surface area (Å²) in [5.41, 5.74) is 6.91. The number of H-pyrrole nitrogens is 2. The van der Waals surface area contributed by atoms with Crippen molar-refractivity contribution in [2.75, 3.05) is 28.4 Å². The number of hydrogen-bond donors (Lipinski definition) is 6. The van der Waals surface area contributed by atoms with Crippen LogP contribution in [0.1, 0.15) is 124 Å². The van der Waals surface area contributed by atoms with E-state index in [0.717, 1.165) is 5.69 Å². The molecule has 4 heterocycles. The molecular formula is C68H66Cl2F4N4O14. The van der Waals surface area contributed by atoms with Gasteiger partial charge in [-0.25, -0.2) is 17.6 Å². The highest BCUT2D eigenvalue weighted by molar-refractivity contribution is 6.31. The smallest absolute Gasteiger partial charge is 0.311 e. The number of rotatable bonds is 17. The van der Waals surface area contributed by atoms with E-state index in [9.17, 15) is 66.8 Å². The SMILES string of the molecule is CCC(C(=O)O)c1c(C)[nH]c2cc(F)c(OC)cc12.CCC(C(=O)O)c1c(C)[nH]c2ccc(OC)c(F)c12.CCC(C(=O)O)c1c(C)n(C(=O)c2ccc(Cl)cc2)c2cc(F)c(OC)cc12.COc1cc2c(CC(=O)O)c(C)n(C(=O)c3ccc(Cl)cc3)c2cc1F. The number of nitrogens with zero attached hydrogens (tertiary/aromatic N) is 2. The van der Waals surface area contributed by atoms with Gasteiger partial charge in [-0.15, -0.1) is 0 Å². The molecule has 0 aliphatic rings. The Morgan fingerprint density at radius 2 is 0.870 bits per heavy atom. The Morgan fingerprint density at radius 1 is 0.478 bits per heavy atom. The van der Waals surface area contributed by atoms with E-state index in [1.807, 2.05) is 6.92 Å². The van der Waals surface area contributed by atoms with Gasteiger partial charge in [-0.2, -0.15) is 0 Å². The van der Waals surface area contributed by atoms with Gasteiger partial charge in [0, 0.05) is 94.7 Å². The number of methoxy groups -OCH3 is 4. The highest BCUT2D eigenvalue weighted by atomic mass is 35.5. The van der Waals surface area contributed by atoms with Crippen LogP contribution in [0.3, 0.4) is 0 Å². The van der Waals surface area contributed by atoms with Gasteiger partial charge in [0.05, 0.1) is 63.6 Å². The van der Waals surface area contributed by atoms with Crippen LogP contribution in [-0.4, -0.2) is 104 Å². The van der Waals surface area contributed by atoms with Crippen LogP contribution in [0.5, 0.6) is 23.0 Å². The number of aliphatic carboxylic acids is 4. The highest BCUT2D eigenvalue weighted by Crippen LogP contribution is 2.40. The number of ether oxygens (including phenoxy) is 4. The predicted molar refractivity (Wildman–Crippen MR) is 341 cm³/mol. The average Bonchev–Trinajstić information content (AvgIpc) is 1.62. The maximum Gasteiger partial charge on any atom is 0.311 e. The van der Waals surface area contributed by atoms with Crippen molar-refractivity contribution in [3.8, 4) is 23.0 Å². The summed E-state index contributed by atoms with van der Waals surface area (Å²) in [7, 11) is 5.43. The van der Waals surface area contributed by atoms with Gasteiger partial charge >= 0.3 is 23.9 Å². The summed E-state index contributed by atoms with van der Waals surface area (Å²) in [6.07, 6.45) is 0.907. The topological polar surface area (TPSA) is 262 Å².